The Morgan fingerprint density at radius 3 is 2.21 bits per heavy atom. The molecule has 1 aliphatic rings. The highest BCUT2D eigenvalue weighted by atomic mass is 16.5. The Hall–Kier alpha value is -3.15. The van der Waals surface area contributed by atoms with Gasteiger partial charge in [-0.15, -0.1) is 0 Å². The highest BCUT2D eigenvalue weighted by molar-refractivity contribution is 5.97. The van der Waals surface area contributed by atoms with Gasteiger partial charge in [-0.1, -0.05) is 62.2 Å². The molecule has 1 amide bonds. The first-order valence-electron chi connectivity index (χ1n) is 11.9. The van der Waals surface area contributed by atoms with Crippen molar-refractivity contribution < 1.29 is 19.1 Å². The highest BCUT2D eigenvalue weighted by Crippen LogP contribution is 2.16. The summed E-state index contributed by atoms with van der Waals surface area (Å²) in [5, 5.41) is 0. The van der Waals surface area contributed by atoms with Gasteiger partial charge in [0.1, 0.15) is 0 Å². The number of piperazine rings is 1. The van der Waals surface area contributed by atoms with E-state index in [0.717, 1.165) is 31.6 Å². The van der Waals surface area contributed by atoms with Gasteiger partial charge in [0.2, 0.25) is 0 Å². The zero-order chi connectivity index (χ0) is 23.5. The first-order valence-corrected chi connectivity index (χ1v) is 11.9. The van der Waals surface area contributed by atoms with Gasteiger partial charge in [-0.25, -0.2) is 0 Å². The molecule has 33 heavy (non-hydrogen) atoms. The average Bonchev–Trinajstić information content (AvgIpc) is 2.87. The number of aryl methyl sites for hydroxylation is 1. The molecule has 0 unspecified atom stereocenters. The number of carbonyl (C=O) groups excluding carboxylic acids is 3. The van der Waals surface area contributed by atoms with E-state index in [0.29, 0.717) is 18.7 Å². The molecule has 2 aromatic rings. The van der Waals surface area contributed by atoms with Crippen LogP contribution in [0.5, 0.6) is 0 Å². The van der Waals surface area contributed by atoms with E-state index in [9.17, 15) is 14.4 Å². The quantitative estimate of drug-likeness (QED) is 0.291. The van der Waals surface area contributed by atoms with E-state index >= 15 is 0 Å². The van der Waals surface area contributed by atoms with Gasteiger partial charge in [-0.2, -0.15) is 0 Å². The third kappa shape index (κ3) is 7.74. The number of para-hydroxylation sites is 1. The minimum Gasteiger partial charge on any atom is -0.456 e. The number of Topliss-reactive ketones (excluding diaryl/α,β-unsaturated/α-hetero) is 1. The smallest absolute Gasteiger partial charge is 0.306 e. The Morgan fingerprint density at radius 2 is 1.55 bits per heavy atom. The molecule has 0 aliphatic carbocycles. The fraction of sp³-hybridized carbons (Fsp3) is 0.444. The molecule has 3 rings (SSSR count). The summed E-state index contributed by atoms with van der Waals surface area (Å²) in [6.45, 7) is 4.59. The highest BCUT2D eigenvalue weighted by Gasteiger charge is 2.22. The number of anilines is 1. The molecular weight excluding hydrogens is 416 g/mol. The number of ether oxygens (including phenoxy) is 1. The monoisotopic (exact) mass is 450 g/mol. The molecule has 0 atom stereocenters. The van der Waals surface area contributed by atoms with Gasteiger partial charge in [0.05, 0.1) is 6.42 Å². The number of benzene rings is 2. The lowest BCUT2D eigenvalue weighted by Crippen LogP contribution is -2.49. The summed E-state index contributed by atoms with van der Waals surface area (Å²) in [6, 6.07) is 17.7. The van der Waals surface area contributed by atoms with E-state index in [1.54, 1.807) is 4.90 Å². The number of unbranched alkanes of at least 4 members (excludes halogenated alkanes) is 2. The molecule has 2 aromatic carbocycles. The van der Waals surface area contributed by atoms with E-state index in [4.69, 9.17) is 4.74 Å². The van der Waals surface area contributed by atoms with Gasteiger partial charge in [-0.05, 0) is 30.5 Å². The molecule has 0 spiro atoms. The van der Waals surface area contributed by atoms with Crippen LogP contribution in [-0.2, 0) is 20.7 Å². The van der Waals surface area contributed by atoms with Crippen LogP contribution in [0.2, 0.25) is 0 Å². The molecule has 6 nitrogen and oxygen atoms in total. The summed E-state index contributed by atoms with van der Waals surface area (Å²) in [4.78, 5) is 40.8. The molecule has 0 aromatic heterocycles. The number of amides is 1. The normalized spacial score (nSPS) is 13.6. The van der Waals surface area contributed by atoms with Crippen molar-refractivity contribution in [2.45, 2.75) is 45.4 Å². The molecule has 6 heteroatoms. The zero-order valence-electron chi connectivity index (χ0n) is 19.5. The van der Waals surface area contributed by atoms with Crippen LogP contribution in [0.4, 0.5) is 5.69 Å². The topological polar surface area (TPSA) is 66.9 Å². The van der Waals surface area contributed by atoms with Crippen molar-refractivity contribution >= 4 is 23.3 Å². The van der Waals surface area contributed by atoms with Gasteiger partial charge in [0.25, 0.3) is 5.91 Å². The maximum absolute atomic E-state index is 12.4. The van der Waals surface area contributed by atoms with Gasteiger partial charge in [0, 0.05) is 43.9 Å². The Balaban J connectivity index is 1.34. The Kier molecular flexibility index (Phi) is 9.48. The summed E-state index contributed by atoms with van der Waals surface area (Å²) < 4.78 is 5.13. The lowest BCUT2D eigenvalue weighted by molar-refractivity contribution is -0.152. The molecule has 1 fully saturated rings. The zero-order valence-corrected chi connectivity index (χ0v) is 19.5. The number of esters is 1. The van der Waals surface area contributed by atoms with E-state index < -0.39 is 5.97 Å². The third-order valence-electron chi connectivity index (χ3n) is 6.01. The predicted octanol–water partition coefficient (Wildman–Crippen LogP) is 4.27. The van der Waals surface area contributed by atoms with Crippen LogP contribution in [0, 0.1) is 0 Å². The second kappa shape index (κ2) is 12.8. The molecule has 0 saturated carbocycles. The Morgan fingerprint density at radius 1 is 0.848 bits per heavy atom. The van der Waals surface area contributed by atoms with Crippen molar-refractivity contribution in [1.29, 1.82) is 0 Å². The molecule has 0 N–H and O–H groups in total. The molecule has 1 saturated heterocycles. The summed E-state index contributed by atoms with van der Waals surface area (Å²) in [6.07, 6.45) is 4.61. The lowest BCUT2D eigenvalue weighted by atomic mass is 10.0. The maximum Gasteiger partial charge on any atom is 0.306 e. The van der Waals surface area contributed by atoms with Crippen molar-refractivity contribution in [2.24, 2.45) is 0 Å². The van der Waals surface area contributed by atoms with Gasteiger partial charge in [0.15, 0.2) is 12.4 Å². The number of rotatable bonds is 11. The summed E-state index contributed by atoms with van der Waals surface area (Å²) in [7, 11) is 0. The standard InChI is InChI=1S/C27H34N2O4/c1-2-3-5-8-22-11-13-23(14-12-22)25(30)15-16-27(32)33-21-26(31)29-19-17-28(18-20-29)24-9-6-4-7-10-24/h4,6-7,9-14H,2-3,5,8,15-21H2,1H3. The largest absolute Gasteiger partial charge is 0.456 e. The van der Waals surface area contributed by atoms with Gasteiger partial charge >= 0.3 is 5.97 Å². The van der Waals surface area contributed by atoms with Crippen molar-refractivity contribution in [3.63, 3.8) is 0 Å². The number of hydrogen-bond acceptors (Lipinski definition) is 5. The van der Waals surface area contributed by atoms with Gasteiger partial charge in [-0.3, -0.25) is 14.4 Å². The fourth-order valence-corrected chi connectivity index (χ4v) is 3.95. The second-order valence-electron chi connectivity index (χ2n) is 8.44. The summed E-state index contributed by atoms with van der Waals surface area (Å²) >= 11 is 0. The minimum absolute atomic E-state index is 0.0217. The maximum atomic E-state index is 12.4. The van der Waals surface area contributed by atoms with Crippen LogP contribution in [0.3, 0.4) is 0 Å². The molecule has 176 valence electrons. The van der Waals surface area contributed by atoms with Crippen LogP contribution in [0.15, 0.2) is 54.6 Å². The van der Waals surface area contributed by atoms with Crippen LogP contribution in [0.25, 0.3) is 0 Å². The first-order chi connectivity index (χ1) is 16.1. The van der Waals surface area contributed by atoms with Crippen LogP contribution < -0.4 is 4.90 Å². The number of nitrogens with zero attached hydrogens (tertiary/aromatic N) is 2. The van der Waals surface area contributed by atoms with E-state index in [1.165, 1.54) is 18.4 Å². The summed E-state index contributed by atoms with van der Waals surface area (Å²) in [5.74, 6) is -0.799. The Bertz CT molecular complexity index is 903. The number of hydrogen-bond donors (Lipinski definition) is 0. The van der Waals surface area contributed by atoms with E-state index in [2.05, 4.69) is 24.0 Å². The molecule has 0 radical (unpaired) electrons. The molecule has 1 heterocycles. The molecule has 1 aliphatic heterocycles. The van der Waals surface area contributed by atoms with E-state index in [1.807, 2.05) is 42.5 Å². The van der Waals surface area contributed by atoms with Gasteiger partial charge < -0.3 is 14.5 Å². The second-order valence-corrected chi connectivity index (χ2v) is 8.44. The van der Waals surface area contributed by atoms with Crippen molar-refractivity contribution in [3.05, 3.63) is 65.7 Å². The van der Waals surface area contributed by atoms with Crippen molar-refractivity contribution in [2.75, 3.05) is 37.7 Å². The third-order valence-corrected chi connectivity index (χ3v) is 6.01. The first kappa shape index (κ1) is 24.5. The predicted molar refractivity (Wildman–Crippen MR) is 129 cm³/mol. The van der Waals surface area contributed by atoms with Crippen LogP contribution >= 0.6 is 0 Å². The minimum atomic E-state index is -0.518. The van der Waals surface area contributed by atoms with Crippen molar-refractivity contribution in [3.8, 4) is 0 Å². The summed E-state index contributed by atoms with van der Waals surface area (Å²) in [5.41, 5.74) is 2.98. The number of carbonyl (C=O) groups is 3. The van der Waals surface area contributed by atoms with Crippen LogP contribution in [0.1, 0.15) is 54.9 Å². The van der Waals surface area contributed by atoms with E-state index in [-0.39, 0.29) is 31.1 Å². The molecule has 0 bridgehead atoms. The SMILES string of the molecule is CCCCCc1ccc(C(=O)CCC(=O)OCC(=O)N2CCN(c3ccccc3)CC2)cc1. The average molecular weight is 451 g/mol. The molecular formula is C27H34N2O4. The van der Waals surface area contributed by atoms with Crippen LogP contribution in [-0.4, -0.2) is 55.3 Å². The fourth-order valence-electron chi connectivity index (χ4n) is 3.95. The van der Waals surface area contributed by atoms with Crippen molar-refractivity contribution in [1.82, 2.24) is 4.90 Å². The lowest BCUT2D eigenvalue weighted by Gasteiger charge is -2.36. The Labute approximate surface area is 196 Å². The number of ketones is 1.